The van der Waals surface area contributed by atoms with Gasteiger partial charge in [0.1, 0.15) is 0 Å². The summed E-state index contributed by atoms with van der Waals surface area (Å²) < 4.78 is 5.03. The molecule has 0 aromatic heterocycles. The molecule has 28 heavy (non-hydrogen) atoms. The summed E-state index contributed by atoms with van der Waals surface area (Å²) in [6, 6.07) is 11.9. The van der Waals surface area contributed by atoms with Gasteiger partial charge < -0.3 is 15.0 Å². The Morgan fingerprint density at radius 1 is 1.07 bits per heavy atom. The van der Waals surface area contributed by atoms with Crippen LogP contribution in [0.1, 0.15) is 18.4 Å². The molecule has 0 unspecified atom stereocenters. The number of benzene rings is 2. The van der Waals surface area contributed by atoms with E-state index in [2.05, 4.69) is 5.32 Å². The molecule has 146 valence electrons. The third-order valence-electron chi connectivity index (χ3n) is 4.29. The fourth-order valence-corrected chi connectivity index (χ4v) is 3.48. The molecular formula is C20H18Cl2N2O4. The Morgan fingerprint density at radius 3 is 2.46 bits per heavy atom. The van der Waals surface area contributed by atoms with E-state index in [1.807, 2.05) is 0 Å². The lowest BCUT2D eigenvalue weighted by molar-refractivity contribution is -0.146. The number of hydrogen-bond donors (Lipinski definition) is 1. The summed E-state index contributed by atoms with van der Waals surface area (Å²) in [5.41, 5.74) is 1.58. The molecule has 1 N–H and O–H groups in total. The minimum Gasteiger partial charge on any atom is -0.455 e. The third-order valence-corrected chi connectivity index (χ3v) is 5.00. The number of hydrogen-bond acceptors (Lipinski definition) is 4. The smallest absolute Gasteiger partial charge is 0.310 e. The van der Waals surface area contributed by atoms with Gasteiger partial charge in [0, 0.05) is 28.6 Å². The van der Waals surface area contributed by atoms with Crippen molar-refractivity contribution >= 4 is 52.4 Å². The standard InChI is InChI=1S/C20H18Cl2N2O4/c21-14-5-3-6-15(22)13(14)11-20(27)28-12-18(25)23-16-7-1-2-8-17(16)24-10-4-9-19(24)26/h1-3,5-8H,4,9-12H2,(H,23,25). The number of nitrogens with zero attached hydrogens (tertiary/aromatic N) is 1. The summed E-state index contributed by atoms with van der Waals surface area (Å²) in [6.45, 7) is 0.155. The summed E-state index contributed by atoms with van der Waals surface area (Å²) in [6.07, 6.45) is 1.14. The van der Waals surface area contributed by atoms with Gasteiger partial charge in [-0.1, -0.05) is 41.4 Å². The molecule has 2 amide bonds. The Morgan fingerprint density at radius 2 is 1.79 bits per heavy atom. The van der Waals surface area contributed by atoms with Gasteiger partial charge in [-0.2, -0.15) is 0 Å². The fourth-order valence-electron chi connectivity index (χ4n) is 2.95. The highest BCUT2D eigenvalue weighted by Crippen LogP contribution is 2.29. The van der Waals surface area contributed by atoms with Crippen LogP contribution in [-0.2, 0) is 25.5 Å². The van der Waals surface area contributed by atoms with Crippen molar-refractivity contribution in [2.24, 2.45) is 0 Å². The van der Waals surface area contributed by atoms with E-state index in [1.54, 1.807) is 47.4 Å². The predicted octanol–water partition coefficient (Wildman–Crippen LogP) is 3.84. The SMILES string of the molecule is O=C(COC(=O)Cc1c(Cl)cccc1Cl)Nc1ccccc1N1CCCC1=O. The zero-order valence-electron chi connectivity index (χ0n) is 14.9. The van der Waals surface area contributed by atoms with E-state index in [0.29, 0.717) is 39.9 Å². The van der Waals surface area contributed by atoms with E-state index in [9.17, 15) is 14.4 Å². The molecule has 6 nitrogen and oxygen atoms in total. The Labute approximate surface area is 172 Å². The first-order chi connectivity index (χ1) is 13.5. The van der Waals surface area contributed by atoms with Gasteiger partial charge in [0.25, 0.3) is 5.91 Å². The highest BCUT2D eigenvalue weighted by Gasteiger charge is 2.24. The number of carbonyl (C=O) groups excluding carboxylic acids is 3. The zero-order chi connectivity index (χ0) is 20.1. The van der Waals surface area contributed by atoms with Crippen LogP contribution in [-0.4, -0.2) is 30.9 Å². The molecule has 1 aliphatic heterocycles. The van der Waals surface area contributed by atoms with Crippen LogP contribution in [0.15, 0.2) is 42.5 Å². The molecule has 0 radical (unpaired) electrons. The molecule has 1 aliphatic rings. The first kappa shape index (κ1) is 20.2. The van der Waals surface area contributed by atoms with Crippen LogP contribution >= 0.6 is 23.2 Å². The molecule has 0 aliphatic carbocycles. The topological polar surface area (TPSA) is 75.7 Å². The largest absolute Gasteiger partial charge is 0.455 e. The number of anilines is 2. The normalized spacial score (nSPS) is 13.5. The van der Waals surface area contributed by atoms with E-state index in [4.69, 9.17) is 27.9 Å². The van der Waals surface area contributed by atoms with Crippen LogP contribution < -0.4 is 10.2 Å². The minimum atomic E-state index is -0.617. The monoisotopic (exact) mass is 420 g/mol. The Hall–Kier alpha value is -2.57. The second-order valence-electron chi connectivity index (χ2n) is 6.25. The molecule has 1 heterocycles. The van der Waals surface area contributed by atoms with Gasteiger partial charge in [-0.25, -0.2) is 0 Å². The summed E-state index contributed by atoms with van der Waals surface area (Å²) in [5.74, 6) is -1.10. The summed E-state index contributed by atoms with van der Waals surface area (Å²) in [7, 11) is 0. The van der Waals surface area contributed by atoms with Gasteiger partial charge in [-0.15, -0.1) is 0 Å². The second kappa shape index (κ2) is 9.08. The van der Waals surface area contributed by atoms with Gasteiger partial charge in [0.05, 0.1) is 17.8 Å². The van der Waals surface area contributed by atoms with E-state index in [1.165, 1.54) is 0 Å². The van der Waals surface area contributed by atoms with E-state index < -0.39 is 18.5 Å². The van der Waals surface area contributed by atoms with E-state index in [-0.39, 0.29) is 12.3 Å². The number of amides is 2. The van der Waals surface area contributed by atoms with Crippen molar-refractivity contribution < 1.29 is 19.1 Å². The van der Waals surface area contributed by atoms with Crippen LogP contribution in [0.2, 0.25) is 10.0 Å². The lowest BCUT2D eigenvalue weighted by atomic mass is 10.1. The molecule has 0 atom stereocenters. The second-order valence-corrected chi connectivity index (χ2v) is 7.07. The molecule has 0 spiro atoms. The lowest BCUT2D eigenvalue weighted by Crippen LogP contribution is -2.27. The summed E-state index contributed by atoms with van der Waals surface area (Å²) in [5, 5.41) is 3.41. The fraction of sp³-hybridized carbons (Fsp3) is 0.250. The highest BCUT2D eigenvalue weighted by atomic mass is 35.5. The van der Waals surface area contributed by atoms with Crippen molar-refractivity contribution in [2.75, 3.05) is 23.4 Å². The van der Waals surface area contributed by atoms with Crippen molar-refractivity contribution in [1.29, 1.82) is 0 Å². The maximum atomic E-state index is 12.2. The molecule has 3 rings (SSSR count). The third kappa shape index (κ3) is 4.82. The molecule has 2 aromatic carbocycles. The zero-order valence-corrected chi connectivity index (χ0v) is 16.4. The van der Waals surface area contributed by atoms with Gasteiger partial charge >= 0.3 is 5.97 Å². The number of ether oxygens (including phenoxy) is 1. The van der Waals surface area contributed by atoms with Crippen LogP contribution in [0.5, 0.6) is 0 Å². The maximum absolute atomic E-state index is 12.2. The van der Waals surface area contributed by atoms with Crippen LogP contribution in [0.25, 0.3) is 0 Å². The molecule has 1 fully saturated rings. The van der Waals surface area contributed by atoms with E-state index >= 15 is 0 Å². The number of carbonyl (C=O) groups is 3. The average Bonchev–Trinajstić information content (AvgIpc) is 3.09. The van der Waals surface area contributed by atoms with Crippen molar-refractivity contribution in [2.45, 2.75) is 19.3 Å². The average molecular weight is 421 g/mol. The number of nitrogens with one attached hydrogen (secondary N) is 1. The van der Waals surface area contributed by atoms with Crippen LogP contribution in [0.3, 0.4) is 0 Å². The van der Waals surface area contributed by atoms with Crippen LogP contribution in [0.4, 0.5) is 11.4 Å². The van der Waals surface area contributed by atoms with Gasteiger partial charge in [-0.05, 0) is 30.7 Å². The number of rotatable bonds is 6. The lowest BCUT2D eigenvalue weighted by Gasteiger charge is -2.19. The maximum Gasteiger partial charge on any atom is 0.310 e. The predicted molar refractivity (Wildman–Crippen MR) is 108 cm³/mol. The first-order valence-electron chi connectivity index (χ1n) is 8.73. The number of para-hydroxylation sites is 2. The van der Waals surface area contributed by atoms with Crippen LogP contribution in [0, 0.1) is 0 Å². The molecule has 0 saturated carbocycles. The molecular weight excluding hydrogens is 403 g/mol. The summed E-state index contributed by atoms with van der Waals surface area (Å²) >= 11 is 12.1. The van der Waals surface area contributed by atoms with Crippen molar-refractivity contribution in [1.82, 2.24) is 0 Å². The molecule has 0 bridgehead atoms. The van der Waals surface area contributed by atoms with E-state index in [0.717, 1.165) is 6.42 Å². The van der Waals surface area contributed by atoms with Crippen molar-refractivity contribution in [3.05, 3.63) is 58.1 Å². The molecule has 1 saturated heterocycles. The van der Waals surface area contributed by atoms with Crippen molar-refractivity contribution in [3.8, 4) is 0 Å². The Kier molecular flexibility index (Phi) is 6.54. The van der Waals surface area contributed by atoms with Crippen molar-refractivity contribution in [3.63, 3.8) is 0 Å². The van der Waals surface area contributed by atoms with Gasteiger partial charge in [0.2, 0.25) is 5.91 Å². The Bertz CT molecular complexity index is 897. The number of halogens is 2. The Balaban J connectivity index is 1.58. The van der Waals surface area contributed by atoms with Gasteiger partial charge in [0.15, 0.2) is 6.61 Å². The number of esters is 1. The first-order valence-corrected chi connectivity index (χ1v) is 9.49. The summed E-state index contributed by atoms with van der Waals surface area (Å²) in [4.78, 5) is 37.8. The molecule has 2 aromatic rings. The minimum absolute atomic E-state index is 0.0183. The highest BCUT2D eigenvalue weighted by molar-refractivity contribution is 6.36. The molecule has 8 heteroatoms. The van der Waals surface area contributed by atoms with Gasteiger partial charge in [-0.3, -0.25) is 14.4 Å². The quantitative estimate of drug-likeness (QED) is 0.720.